The van der Waals surface area contributed by atoms with E-state index in [-0.39, 0.29) is 5.91 Å². The molecule has 1 N–H and O–H groups in total. The summed E-state index contributed by atoms with van der Waals surface area (Å²) >= 11 is 0. The van der Waals surface area contributed by atoms with Gasteiger partial charge in [0.15, 0.2) is 0 Å². The maximum atomic E-state index is 13.1. The van der Waals surface area contributed by atoms with Crippen LogP contribution in [-0.2, 0) is 16.5 Å². The molecule has 162 valence electrons. The quantitative estimate of drug-likeness (QED) is 0.624. The second-order valence-electron chi connectivity index (χ2n) is 8.28. The summed E-state index contributed by atoms with van der Waals surface area (Å²) in [4.78, 5) is 13.4. The summed E-state index contributed by atoms with van der Waals surface area (Å²) in [5, 5.41) is 3.45. The smallest absolute Gasteiger partial charge is 0.362 e. The first-order valence-corrected chi connectivity index (χ1v) is 9.72. The molecule has 0 fully saturated rings. The molecule has 0 aromatic heterocycles. The molecule has 2 aromatic carbocycles. The molecule has 30 heavy (non-hydrogen) atoms. The first-order valence-electron chi connectivity index (χ1n) is 9.72. The first-order chi connectivity index (χ1) is 13.7. The Labute approximate surface area is 176 Å². The Kier molecular flexibility index (Phi) is 6.70. The second kappa shape index (κ2) is 8.54. The largest absolute Gasteiger partial charge is 0.416 e. The van der Waals surface area contributed by atoms with Gasteiger partial charge in [-0.1, -0.05) is 24.3 Å². The van der Waals surface area contributed by atoms with E-state index in [2.05, 4.69) is 5.32 Å². The molecule has 0 saturated heterocycles. The normalized spacial score (nSPS) is 11.8. The number of alkyl halides is 3. The molecular formula is C24H29F3N2O. The predicted octanol–water partition coefficient (Wildman–Crippen LogP) is 6.24. The van der Waals surface area contributed by atoms with Crippen LogP contribution in [0.5, 0.6) is 0 Å². The number of amides is 1. The maximum absolute atomic E-state index is 13.1. The van der Waals surface area contributed by atoms with Crippen LogP contribution in [0.25, 0.3) is 11.1 Å². The van der Waals surface area contributed by atoms with Crippen LogP contribution in [0.2, 0.25) is 0 Å². The average molecular weight is 419 g/mol. The molecule has 0 spiro atoms. The molecule has 1 amide bonds. The van der Waals surface area contributed by atoms with Gasteiger partial charge in [-0.05, 0) is 80.6 Å². The molecular weight excluding hydrogens is 389 g/mol. The summed E-state index contributed by atoms with van der Waals surface area (Å²) in [6.07, 6.45) is -4.39. The summed E-state index contributed by atoms with van der Waals surface area (Å²) in [6.45, 7) is 11.3. The maximum Gasteiger partial charge on any atom is 0.416 e. The number of nitrogens with zero attached hydrogens (tertiary/aromatic N) is 1. The first kappa shape index (κ1) is 23.5. The number of rotatable bonds is 5. The van der Waals surface area contributed by atoms with Crippen LogP contribution in [0, 0.1) is 6.92 Å². The Morgan fingerprint density at radius 3 is 2.10 bits per heavy atom. The Bertz CT molecular complexity index is 971. The van der Waals surface area contributed by atoms with Crippen LogP contribution >= 0.6 is 0 Å². The standard InChI is InChI=1S/C24H29F3N2O/c1-15(2)22(29(7)17(4)30)28-23(5,6)21-14-19(12-11-16(21)3)18-9-8-10-20(13-18)24(25,26)27/h8-14,28H,1-7H3. The Morgan fingerprint density at radius 1 is 0.967 bits per heavy atom. The Hall–Kier alpha value is -2.76. The van der Waals surface area contributed by atoms with Gasteiger partial charge in [-0.2, -0.15) is 13.2 Å². The minimum Gasteiger partial charge on any atom is -0.362 e. The third-order valence-electron chi connectivity index (χ3n) is 5.15. The lowest BCUT2D eigenvalue weighted by Gasteiger charge is -2.35. The van der Waals surface area contributed by atoms with Crippen LogP contribution in [0.1, 0.15) is 51.3 Å². The van der Waals surface area contributed by atoms with Crippen LogP contribution in [0.15, 0.2) is 53.9 Å². The third kappa shape index (κ3) is 5.23. The number of halogens is 3. The fourth-order valence-electron chi connectivity index (χ4n) is 3.42. The van der Waals surface area contributed by atoms with Gasteiger partial charge in [-0.25, -0.2) is 0 Å². The number of carbonyl (C=O) groups is 1. The van der Waals surface area contributed by atoms with E-state index in [0.717, 1.165) is 22.8 Å². The highest BCUT2D eigenvalue weighted by atomic mass is 19.4. The molecule has 6 heteroatoms. The highest BCUT2D eigenvalue weighted by Gasteiger charge is 2.31. The number of allylic oxidation sites excluding steroid dienone is 1. The predicted molar refractivity (Wildman–Crippen MR) is 115 cm³/mol. The average Bonchev–Trinajstić information content (AvgIpc) is 2.65. The van der Waals surface area contributed by atoms with Gasteiger partial charge in [0.05, 0.1) is 11.1 Å². The van der Waals surface area contributed by atoms with E-state index in [0.29, 0.717) is 16.9 Å². The fraction of sp³-hybridized carbons (Fsp3) is 0.375. The monoisotopic (exact) mass is 418 g/mol. The molecule has 2 aromatic rings. The van der Waals surface area contributed by atoms with Gasteiger partial charge < -0.3 is 10.2 Å². The molecule has 0 bridgehead atoms. The molecule has 0 unspecified atom stereocenters. The lowest BCUT2D eigenvalue weighted by atomic mass is 9.87. The van der Waals surface area contributed by atoms with Crippen molar-refractivity contribution in [3.05, 3.63) is 70.5 Å². The third-order valence-corrected chi connectivity index (χ3v) is 5.15. The van der Waals surface area contributed by atoms with Crippen molar-refractivity contribution in [1.82, 2.24) is 10.2 Å². The number of carbonyl (C=O) groups excluding carboxylic acids is 1. The van der Waals surface area contributed by atoms with Crippen molar-refractivity contribution in [3.8, 4) is 11.1 Å². The zero-order chi connectivity index (χ0) is 22.9. The zero-order valence-electron chi connectivity index (χ0n) is 18.5. The molecule has 0 radical (unpaired) electrons. The summed E-state index contributed by atoms with van der Waals surface area (Å²) in [6, 6.07) is 11.0. The highest BCUT2D eigenvalue weighted by Crippen LogP contribution is 2.34. The molecule has 2 rings (SSSR count). The van der Waals surface area contributed by atoms with Crippen LogP contribution < -0.4 is 5.32 Å². The van der Waals surface area contributed by atoms with Crippen molar-refractivity contribution in [1.29, 1.82) is 0 Å². The van der Waals surface area contributed by atoms with Crippen LogP contribution in [0.3, 0.4) is 0 Å². The van der Waals surface area contributed by atoms with E-state index in [1.165, 1.54) is 19.1 Å². The second-order valence-corrected chi connectivity index (χ2v) is 8.28. The van der Waals surface area contributed by atoms with E-state index in [1.54, 1.807) is 18.0 Å². The van der Waals surface area contributed by atoms with E-state index in [1.807, 2.05) is 52.8 Å². The van der Waals surface area contributed by atoms with Gasteiger partial charge >= 0.3 is 6.18 Å². The lowest BCUT2D eigenvalue weighted by Crippen LogP contribution is -2.43. The number of hydrogen-bond acceptors (Lipinski definition) is 2. The van der Waals surface area contributed by atoms with Crippen LogP contribution in [-0.4, -0.2) is 17.9 Å². The minimum absolute atomic E-state index is 0.0936. The number of hydrogen-bond donors (Lipinski definition) is 1. The highest BCUT2D eigenvalue weighted by molar-refractivity contribution is 5.75. The van der Waals surface area contributed by atoms with E-state index in [4.69, 9.17) is 0 Å². The van der Waals surface area contributed by atoms with Crippen LogP contribution in [0.4, 0.5) is 13.2 Å². The summed E-state index contributed by atoms with van der Waals surface area (Å²) in [5.41, 5.74) is 2.86. The lowest BCUT2D eigenvalue weighted by molar-refractivity contribution is -0.137. The Morgan fingerprint density at radius 2 is 1.57 bits per heavy atom. The van der Waals surface area contributed by atoms with E-state index < -0.39 is 17.3 Å². The van der Waals surface area contributed by atoms with Gasteiger partial charge in [0, 0.05) is 14.0 Å². The van der Waals surface area contributed by atoms with Crippen molar-refractivity contribution < 1.29 is 18.0 Å². The summed E-state index contributed by atoms with van der Waals surface area (Å²) in [7, 11) is 1.71. The molecule has 0 aliphatic heterocycles. The van der Waals surface area contributed by atoms with Crippen molar-refractivity contribution in [2.45, 2.75) is 53.3 Å². The topological polar surface area (TPSA) is 32.3 Å². The van der Waals surface area contributed by atoms with Gasteiger partial charge in [0.1, 0.15) is 5.82 Å². The summed E-state index contributed by atoms with van der Waals surface area (Å²) < 4.78 is 39.4. The van der Waals surface area contributed by atoms with Gasteiger partial charge in [0.25, 0.3) is 0 Å². The van der Waals surface area contributed by atoms with Crippen molar-refractivity contribution in [2.75, 3.05) is 7.05 Å². The van der Waals surface area contributed by atoms with Crippen molar-refractivity contribution in [2.24, 2.45) is 0 Å². The Balaban J connectivity index is 2.50. The number of benzene rings is 2. The number of aryl methyl sites for hydroxylation is 1. The summed E-state index contributed by atoms with van der Waals surface area (Å²) in [5.74, 6) is 0.611. The minimum atomic E-state index is -4.39. The molecule has 0 atom stereocenters. The molecule has 0 aliphatic rings. The SMILES string of the molecule is CC(=O)N(C)C(NC(C)(C)c1cc(-c2cccc(C(F)(F)F)c2)ccc1C)=C(C)C. The van der Waals surface area contributed by atoms with Crippen molar-refractivity contribution in [3.63, 3.8) is 0 Å². The zero-order valence-corrected chi connectivity index (χ0v) is 18.5. The van der Waals surface area contributed by atoms with Gasteiger partial charge in [-0.3, -0.25) is 4.79 Å². The fourth-order valence-corrected chi connectivity index (χ4v) is 3.42. The van der Waals surface area contributed by atoms with Gasteiger partial charge in [0.2, 0.25) is 5.91 Å². The van der Waals surface area contributed by atoms with Gasteiger partial charge in [-0.15, -0.1) is 0 Å². The molecule has 3 nitrogen and oxygen atoms in total. The number of nitrogens with one attached hydrogen (secondary N) is 1. The molecule has 0 heterocycles. The van der Waals surface area contributed by atoms with E-state index >= 15 is 0 Å². The molecule has 0 aliphatic carbocycles. The van der Waals surface area contributed by atoms with Crippen molar-refractivity contribution >= 4 is 5.91 Å². The van der Waals surface area contributed by atoms with E-state index in [9.17, 15) is 18.0 Å². The molecule has 0 saturated carbocycles.